The van der Waals surface area contributed by atoms with E-state index in [9.17, 15) is 4.39 Å². The van der Waals surface area contributed by atoms with Crippen molar-refractivity contribution in [2.75, 3.05) is 32.8 Å². The number of hydrogen-bond acceptors (Lipinski definition) is 3. The van der Waals surface area contributed by atoms with Gasteiger partial charge >= 0.3 is 0 Å². The molecule has 1 aliphatic rings. The molecule has 0 radical (unpaired) electrons. The maximum Gasteiger partial charge on any atom is 0.124 e. The minimum absolute atomic E-state index is 0.195. The highest BCUT2D eigenvalue weighted by molar-refractivity contribution is 5.37. The Morgan fingerprint density at radius 2 is 2.16 bits per heavy atom. The van der Waals surface area contributed by atoms with Crippen molar-refractivity contribution in [3.8, 4) is 5.75 Å². The SMILES string of the molecule is CCN(CC)CCNC1CCOc2ccc(F)cc21. The van der Waals surface area contributed by atoms with Gasteiger partial charge in [0, 0.05) is 31.1 Å². The summed E-state index contributed by atoms with van der Waals surface area (Å²) in [6, 6.07) is 4.97. The first-order chi connectivity index (χ1) is 9.24. The molecule has 0 spiro atoms. The number of nitrogens with one attached hydrogen (secondary N) is 1. The first kappa shape index (κ1) is 14.3. The zero-order chi connectivity index (χ0) is 13.7. The van der Waals surface area contributed by atoms with Crippen LogP contribution in [0.5, 0.6) is 5.75 Å². The van der Waals surface area contributed by atoms with Gasteiger partial charge in [0.05, 0.1) is 6.61 Å². The van der Waals surface area contributed by atoms with Crippen molar-refractivity contribution in [3.05, 3.63) is 29.6 Å². The van der Waals surface area contributed by atoms with E-state index in [4.69, 9.17) is 4.74 Å². The fraction of sp³-hybridized carbons (Fsp3) is 0.600. The summed E-state index contributed by atoms with van der Waals surface area (Å²) >= 11 is 0. The average molecular weight is 266 g/mol. The Bertz CT molecular complexity index is 407. The molecule has 0 saturated carbocycles. The van der Waals surface area contributed by atoms with Gasteiger partial charge in [0.25, 0.3) is 0 Å². The summed E-state index contributed by atoms with van der Waals surface area (Å²) < 4.78 is 18.9. The number of fused-ring (bicyclic) bond motifs is 1. The molecule has 4 heteroatoms. The predicted molar refractivity (Wildman–Crippen MR) is 75.0 cm³/mol. The number of rotatable bonds is 6. The number of ether oxygens (including phenoxy) is 1. The minimum Gasteiger partial charge on any atom is -0.493 e. The minimum atomic E-state index is -0.195. The van der Waals surface area contributed by atoms with Crippen LogP contribution in [0.25, 0.3) is 0 Å². The third-order valence-corrected chi connectivity index (χ3v) is 3.72. The Hall–Kier alpha value is -1.13. The van der Waals surface area contributed by atoms with Gasteiger partial charge in [-0.25, -0.2) is 4.39 Å². The van der Waals surface area contributed by atoms with Gasteiger partial charge in [-0.3, -0.25) is 0 Å². The van der Waals surface area contributed by atoms with Crippen molar-refractivity contribution in [1.82, 2.24) is 10.2 Å². The lowest BCUT2D eigenvalue weighted by Crippen LogP contribution is -2.35. The van der Waals surface area contributed by atoms with Crippen molar-refractivity contribution in [2.24, 2.45) is 0 Å². The summed E-state index contributed by atoms with van der Waals surface area (Å²) in [6.45, 7) is 9.11. The summed E-state index contributed by atoms with van der Waals surface area (Å²) in [4.78, 5) is 2.37. The Balaban J connectivity index is 1.94. The quantitative estimate of drug-likeness (QED) is 0.856. The topological polar surface area (TPSA) is 24.5 Å². The maximum absolute atomic E-state index is 13.3. The molecule has 0 aliphatic carbocycles. The second kappa shape index (κ2) is 6.87. The van der Waals surface area contributed by atoms with Gasteiger partial charge in [-0.15, -0.1) is 0 Å². The summed E-state index contributed by atoms with van der Waals surface area (Å²) in [5.74, 6) is 0.618. The van der Waals surface area contributed by atoms with E-state index in [-0.39, 0.29) is 11.9 Å². The highest BCUT2D eigenvalue weighted by Gasteiger charge is 2.21. The molecule has 2 rings (SSSR count). The van der Waals surface area contributed by atoms with Gasteiger partial charge in [-0.1, -0.05) is 13.8 Å². The number of likely N-dealkylation sites (N-methyl/N-ethyl adjacent to an activating group) is 1. The van der Waals surface area contributed by atoms with Crippen molar-refractivity contribution in [2.45, 2.75) is 26.3 Å². The molecular formula is C15H23FN2O. The van der Waals surface area contributed by atoms with Gasteiger partial charge in [-0.2, -0.15) is 0 Å². The van der Waals surface area contributed by atoms with Gasteiger partial charge in [0.15, 0.2) is 0 Å². The predicted octanol–water partition coefficient (Wildman–Crippen LogP) is 2.58. The molecule has 19 heavy (non-hydrogen) atoms. The molecular weight excluding hydrogens is 243 g/mol. The van der Waals surface area contributed by atoms with E-state index in [1.54, 1.807) is 12.1 Å². The third kappa shape index (κ3) is 3.67. The summed E-state index contributed by atoms with van der Waals surface area (Å²) in [7, 11) is 0. The van der Waals surface area contributed by atoms with Crippen LogP contribution in [-0.4, -0.2) is 37.7 Å². The highest BCUT2D eigenvalue weighted by Crippen LogP contribution is 2.32. The molecule has 1 aromatic carbocycles. The Morgan fingerprint density at radius 3 is 2.89 bits per heavy atom. The zero-order valence-corrected chi connectivity index (χ0v) is 11.8. The van der Waals surface area contributed by atoms with Crippen LogP contribution >= 0.6 is 0 Å². The molecule has 3 nitrogen and oxygen atoms in total. The fourth-order valence-corrected chi connectivity index (χ4v) is 2.51. The lowest BCUT2D eigenvalue weighted by molar-refractivity contribution is 0.242. The molecule has 0 amide bonds. The maximum atomic E-state index is 13.3. The van der Waals surface area contributed by atoms with Crippen molar-refractivity contribution >= 4 is 0 Å². The van der Waals surface area contributed by atoms with Gasteiger partial charge < -0.3 is 15.0 Å². The van der Waals surface area contributed by atoms with Crippen LogP contribution in [0.2, 0.25) is 0 Å². The van der Waals surface area contributed by atoms with E-state index < -0.39 is 0 Å². The molecule has 0 fully saturated rings. The van der Waals surface area contributed by atoms with Crippen LogP contribution in [0.15, 0.2) is 18.2 Å². The second-order valence-electron chi connectivity index (χ2n) is 4.85. The second-order valence-corrected chi connectivity index (χ2v) is 4.85. The van der Waals surface area contributed by atoms with Crippen LogP contribution < -0.4 is 10.1 Å². The summed E-state index contributed by atoms with van der Waals surface area (Å²) in [5.41, 5.74) is 0.950. The molecule has 0 aromatic heterocycles. The van der Waals surface area contributed by atoms with Gasteiger partial charge in [-0.05, 0) is 31.3 Å². The number of hydrogen-bond donors (Lipinski definition) is 1. The van der Waals surface area contributed by atoms with E-state index in [0.29, 0.717) is 6.61 Å². The summed E-state index contributed by atoms with van der Waals surface area (Å²) in [6.07, 6.45) is 0.898. The molecule has 1 aromatic rings. The van der Waals surface area contributed by atoms with Gasteiger partial charge in [0.1, 0.15) is 11.6 Å². The Morgan fingerprint density at radius 1 is 1.37 bits per heavy atom. The largest absolute Gasteiger partial charge is 0.493 e. The molecule has 0 saturated heterocycles. The summed E-state index contributed by atoms with van der Waals surface area (Å²) in [5, 5.41) is 3.52. The van der Waals surface area contributed by atoms with Crippen LogP contribution in [0, 0.1) is 5.82 Å². The van der Waals surface area contributed by atoms with Crippen LogP contribution in [0.4, 0.5) is 4.39 Å². The Kier molecular flexibility index (Phi) is 5.16. The molecule has 1 N–H and O–H groups in total. The Labute approximate surface area is 114 Å². The van der Waals surface area contributed by atoms with E-state index in [1.807, 2.05) is 0 Å². The molecule has 1 atom stereocenters. The fourth-order valence-electron chi connectivity index (χ4n) is 2.51. The third-order valence-electron chi connectivity index (χ3n) is 3.72. The average Bonchev–Trinajstić information content (AvgIpc) is 2.44. The zero-order valence-electron chi connectivity index (χ0n) is 11.8. The van der Waals surface area contributed by atoms with E-state index in [2.05, 4.69) is 24.1 Å². The number of halogens is 1. The first-order valence-electron chi connectivity index (χ1n) is 7.12. The normalized spacial score (nSPS) is 18.2. The van der Waals surface area contributed by atoms with Crippen molar-refractivity contribution < 1.29 is 9.13 Å². The lowest BCUT2D eigenvalue weighted by atomic mass is 10.0. The van der Waals surface area contributed by atoms with E-state index in [0.717, 1.165) is 43.9 Å². The van der Waals surface area contributed by atoms with Crippen LogP contribution in [0.3, 0.4) is 0 Å². The van der Waals surface area contributed by atoms with Gasteiger partial charge in [0.2, 0.25) is 0 Å². The molecule has 1 heterocycles. The molecule has 0 bridgehead atoms. The molecule has 1 unspecified atom stereocenters. The molecule has 1 aliphatic heterocycles. The van der Waals surface area contributed by atoms with Crippen LogP contribution in [-0.2, 0) is 0 Å². The monoisotopic (exact) mass is 266 g/mol. The highest BCUT2D eigenvalue weighted by atomic mass is 19.1. The number of benzene rings is 1. The van der Waals surface area contributed by atoms with Crippen molar-refractivity contribution in [1.29, 1.82) is 0 Å². The van der Waals surface area contributed by atoms with Crippen LogP contribution in [0.1, 0.15) is 31.9 Å². The van der Waals surface area contributed by atoms with E-state index >= 15 is 0 Å². The van der Waals surface area contributed by atoms with E-state index in [1.165, 1.54) is 6.07 Å². The lowest BCUT2D eigenvalue weighted by Gasteiger charge is -2.28. The molecule has 106 valence electrons. The van der Waals surface area contributed by atoms with Crippen molar-refractivity contribution in [3.63, 3.8) is 0 Å². The smallest absolute Gasteiger partial charge is 0.124 e. The first-order valence-corrected chi connectivity index (χ1v) is 7.12. The number of nitrogens with zero attached hydrogens (tertiary/aromatic N) is 1. The standard InChI is InChI=1S/C15H23FN2O/c1-3-18(4-2)9-8-17-14-7-10-19-15-6-5-12(16)11-13(14)15/h5-6,11,14,17H,3-4,7-10H2,1-2H3.